The van der Waals surface area contributed by atoms with Crippen molar-refractivity contribution in [3.05, 3.63) is 107 Å². The first-order valence-electron chi connectivity index (χ1n) is 10.2. The molecule has 2 atom stereocenters. The van der Waals surface area contributed by atoms with Crippen LogP contribution in [0.5, 0.6) is 11.5 Å². The van der Waals surface area contributed by atoms with E-state index in [1.54, 1.807) is 13.4 Å². The van der Waals surface area contributed by atoms with E-state index < -0.39 is 0 Å². The lowest BCUT2D eigenvalue weighted by Crippen LogP contribution is -2.32. The van der Waals surface area contributed by atoms with Crippen LogP contribution >= 0.6 is 0 Å². The zero-order valence-corrected chi connectivity index (χ0v) is 16.9. The molecule has 6 rings (SSSR count). The number of nitrogens with zero attached hydrogens (tertiary/aromatic N) is 3. The van der Waals surface area contributed by atoms with Crippen molar-refractivity contribution in [1.29, 1.82) is 0 Å². The number of aromatic nitrogens is 3. The fourth-order valence-electron chi connectivity index (χ4n) is 4.43. The van der Waals surface area contributed by atoms with Crippen LogP contribution in [-0.2, 0) is 0 Å². The van der Waals surface area contributed by atoms with Gasteiger partial charge in [-0.05, 0) is 35.4 Å². The maximum absolute atomic E-state index is 6.60. The molecule has 0 amide bonds. The van der Waals surface area contributed by atoms with Gasteiger partial charge in [0.1, 0.15) is 30.0 Å². The van der Waals surface area contributed by atoms with Crippen LogP contribution in [0, 0.1) is 0 Å². The summed E-state index contributed by atoms with van der Waals surface area (Å²) in [6.45, 7) is 0. The first kappa shape index (κ1) is 17.8. The number of anilines is 1. The van der Waals surface area contributed by atoms with E-state index in [9.17, 15) is 0 Å². The quantitative estimate of drug-likeness (QED) is 0.525. The standard InChI is InChI=1S/C25H20N4O2/c1-30-18-13-11-17(12-14-18)24-21-22(19-9-5-6-10-20(19)31-24)28-25-26-15-27-29(25)23(21)16-7-3-2-4-8-16/h2-15,23-24H,1H3,(H,26,27,28)/t23-,24+/m1/s1. The molecule has 31 heavy (non-hydrogen) atoms. The van der Waals surface area contributed by atoms with Crippen LogP contribution in [0.4, 0.5) is 5.95 Å². The van der Waals surface area contributed by atoms with Gasteiger partial charge in [-0.25, -0.2) is 4.68 Å². The second-order valence-corrected chi connectivity index (χ2v) is 7.56. The predicted octanol–water partition coefficient (Wildman–Crippen LogP) is 4.85. The minimum absolute atomic E-state index is 0.143. The van der Waals surface area contributed by atoms with Crippen LogP contribution in [0.2, 0.25) is 0 Å². The Morgan fingerprint density at radius 2 is 1.68 bits per heavy atom. The van der Waals surface area contributed by atoms with E-state index in [0.29, 0.717) is 0 Å². The van der Waals surface area contributed by atoms with Gasteiger partial charge >= 0.3 is 0 Å². The number of methoxy groups -OCH3 is 1. The zero-order valence-electron chi connectivity index (χ0n) is 16.9. The van der Waals surface area contributed by atoms with E-state index in [1.165, 1.54) is 0 Å². The van der Waals surface area contributed by atoms with Crippen molar-refractivity contribution in [1.82, 2.24) is 14.8 Å². The SMILES string of the molecule is COc1ccc([C@@H]2Oc3ccccc3C3=C2[C@@H](c2ccccc2)n2ncnc2N3)cc1. The number of rotatable bonds is 3. The maximum Gasteiger partial charge on any atom is 0.226 e. The molecule has 1 N–H and O–H groups in total. The van der Waals surface area contributed by atoms with Crippen molar-refractivity contribution >= 4 is 11.6 Å². The molecule has 0 saturated carbocycles. The molecule has 3 aromatic carbocycles. The van der Waals surface area contributed by atoms with Gasteiger partial charge in [0, 0.05) is 11.1 Å². The molecule has 4 aromatic rings. The van der Waals surface area contributed by atoms with Gasteiger partial charge in [0.15, 0.2) is 0 Å². The fraction of sp³-hybridized carbons (Fsp3) is 0.120. The van der Waals surface area contributed by atoms with Crippen LogP contribution in [-0.4, -0.2) is 21.9 Å². The summed E-state index contributed by atoms with van der Waals surface area (Å²) < 4.78 is 13.9. The third kappa shape index (κ3) is 2.79. The average Bonchev–Trinajstić information content (AvgIpc) is 3.31. The van der Waals surface area contributed by atoms with E-state index in [2.05, 4.69) is 45.7 Å². The Bertz CT molecular complexity index is 1280. The molecule has 0 radical (unpaired) electrons. The van der Waals surface area contributed by atoms with Crippen LogP contribution in [0.25, 0.3) is 5.70 Å². The zero-order chi connectivity index (χ0) is 20.8. The number of ether oxygens (including phenoxy) is 2. The molecule has 152 valence electrons. The third-order valence-corrected chi connectivity index (χ3v) is 5.86. The van der Waals surface area contributed by atoms with Crippen molar-refractivity contribution in [2.24, 2.45) is 0 Å². The van der Waals surface area contributed by atoms with E-state index >= 15 is 0 Å². The summed E-state index contributed by atoms with van der Waals surface area (Å²) in [6, 6.07) is 26.4. The molecule has 2 aliphatic rings. The Morgan fingerprint density at radius 1 is 0.903 bits per heavy atom. The number of benzene rings is 3. The molecule has 0 saturated heterocycles. The largest absolute Gasteiger partial charge is 0.497 e. The molecule has 6 nitrogen and oxygen atoms in total. The first-order valence-corrected chi connectivity index (χ1v) is 10.2. The fourth-order valence-corrected chi connectivity index (χ4v) is 4.43. The van der Waals surface area contributed by atoms with Crippen LogP contribution in [0.15, 0.2) is 90.8 Å². The summed E-state index contributed by atoms with van der Waals surface area (Å²) in [5.74, 6) is 2.38. The van der Waals surface area contributed by atoms with E-state index in [1.807, 2.05) is 53.2 Å². The van der Waals surface area contributed by atoms with E-state index in [-0.39, 0.29) is 12.1 Å². The van der Waals surface area contributed by atoms with Gasteiger partial charge in [0.2, 0.25) is 5.95 Å². The summed E-state index contributed by atoms with van der Waals surface area (Å²) in [6.07, 6.45) is 1.30. The van der Waals surface area contributed by atoms with Crippen molar-refractivity contribution in [3.63, 3.8) is 0 Å². The molecule has 0 fully saturated rings. The molecule has 3 heterocycles. The van der Waals surface area contributed by atoms with Crippen molar-refractivity contribution in [2.75, 3.05) is 12.4 Å². The minimum Gasteiger partial charge on any atom is -0.497 e. The minimum atomic E-state index is -0.286. The predicted molar refractivity (Wildman–Crippen MR) is 118 cm³/mol. The molecule has 0 bridgehead atoms. The monoisotopic (exact) mass is 408 g/mol. The lowest BCUT2D eigenvalue weighted by molar-refractivity contribution is 0.223. The molecule has 0 aliphatic carbocycles. The Balaban J connectivity index is 1.60. The smallest absolute Gasteiger partial charge is 0.226 e. The van der Waals surface area contributed by atoms with Gasteiger partial charge in [0.25, 0.3) is 0 Å². The summed E-state index contributed by atoms with van der Waals surface area (Å²) in [5, 5.41) is 8.07. The van der Waals surface area contributed by atoms with Gasteiger partial charge in [-0.3, -0.25) is 0 Å². The lowest BCUT2D eigenvalue weighted by atomic mass is 9.84. The van der Waals surface area contributed by atoms with Gasteiger partial charge in [0.05, 0.1) is 12.8 Å². The Kier molecular flexibility index (Phi) is 4.02. The maximum atomic E-state index is 6.60. The Morgan fingerprint density at radius 3 is 2.48 bits per heavy atom. The first-order chi connectivity index (χ1) is 15.3. The Labute approximate surface area is 179 Å². The van der Waals surface area contributed by atoms with Gasteiger partial charge in [-0.15, -0.1) is 0 Å². The summed E-state index contributed by atoms with van der Waals surface area (Å²) in [5.41, 5.74) is 5.33. The highest BCUT2D eigenvalue weighted by molar-refractivity contribution is 5.85. The topological polar surface area (TPSA) is 61.2 Å². The van der Waals surface area contributed by atoms with Gasteiger partial charge < -0.3 is 14.8 Å². The normalized spacial score (nSPS) is 18.9. The van der Waals surface area contributed by atoms with Crippen LogP contribution in [0.1, 0.15) is 28.8 Å². The van der Waals surface area contributed by atoms with E-state index in [4.69, 9.17) is 9.47 Å². The van der Waals surface area contributed by atoms with Crippen LogP contribution in [0.3, 0.4) is 0 Å². The molecular weight excluding hydrogens is 388 g/mol. The number of hydrogen-bond donors (Lipinski definition) is 1. The number of nitrogens with one attached hydrogen (secondary N) is 1. The second kappa shape index (κ2) is 7.02. The van der Waals surface area contributed by atoms with Gasteiger partial charge in [-0.1, -0.05) is 54.6 Å². The average molecular weight is 408 g/mol. The number of fused-ring (bicyclic) bond motifs is 3. The van der Waals surface area contributed by atoms with E-state index in [0.717, 1.165) is 45.4 Å². The summed E-state index contributed by atoms with van der Waals surface area (Å²) >= 11 is 0. The highest BCUT2D eigenvalue weighted by Gasteiger charge is 2.40. The van der Waals surface area contributed by atoms with Crippen molar-refractivity contribution in [2.45, 2.75) is 12.1 Å². The number of para-hydroxylation sites is 1. The summed E-state index contributed by atoms with van der Waals surface area (Å²) in [7, 11) is 1.67. The molecule has 0 spiro atoms. The molecule has 0 unspecified atom stereocenters. The summed E-state index contributed by atoms with van der Waals surface area (Å²) in [4.78, 5) is 4.47. The lowest BCUT2D eigenvalue weighted by Gasteiger charge is -2.39. The second-order valence-electron chi connectivity index (χ2n) is 7.56. The third-order valence-electron chi connectivity index (χ3n) is 5.86. The molecular formula is C25H20N4O2. The molecule has 2 aliphatic heterocycles. The van der Waals surface area contributed by atoms with Gasteiger partial charge in [-0.2, -0.15) is 10.1 Å². The van der Waals surface area contributed by atoms with Crippen LogP contribution < -0.4 is 14.8 Å². The Hall–Kier alpha value is -4.06. The molecule has 1 aromatic heterocycles. The highest BCUT2D eigenvalue weighted by Crippen LogP contribution is 2.50. The van der Waals surface area contributed by atoms with Crippen molar-refractivity contribution in [3.8, 4) is 11.5 Å². The number of hydrogen-bond acceptors (Lipinski definition) is 5. The highest BCUT2D eigenvalue weighted by atomic mass is 16.5. The van der Waals surface area contributed by atoms with Crippen molar-refractivity contribution < 1.29 is 9.47 Å². The molecule has 6 heteroatoms.